The van der Waals surface area contributed by atoms with Gasteiger partial charge in [-0.3, -0.25) is 0 Å². The Morgan fingerprint density at radius 2 is 1.14 bits per heavy atom. The molecule has 0 unspecified atom stereocenters. The first kappa shape index (κ1) is 13.1. The highest BCUT2D eigenvalue weighted by atomic mass is 14.9. The van der Waals surface area contributed by atoms with E-state index in [2.05, 4.69) is 10.6 Å². The SMILES string of the molecule is Nc1ccc(Nc2ccccc2)cc1Nc1ccccc1. The van der Waals surface area contributed by atoms with Crippen LogP contribution in [0.25, 0.3) is 0 Å². The van der Waals surface area contributed by atoms with Gasteiger partial charge in [-0.15, -0.1) is 0 Å². The summed E-state index contributed by atoms with van der Waals surface area (Å²) in [5, 5.41) is 6.70. The minimum atomic E-state index is 0.720. The first-order chi connectivity index (χ1) is 10.3. The van der Waals surface area contributed by atoms with E-state index in [0.29, 0.717) is 0 Å². The second kappa shape index (κ2) is 6.01. The Kier molecular flexibility index (Phi) is 3.74. The predicted molar refractivity (Wildman–Crippen MR) is 90.3 cm³/mol. The third kappa shape index (κ3) is 3.34. The van der Waals surface area contributed by atoms with Crippen molar-refractivity contribution >= 4 is 28.4 Å². The van der Waals surface area contributed by atoms with Crippen molar-refractivity contribution in [3.8, 4) is 0 Å². The van der Waals surface area contributed by atoms with Crippen LogP contribution in [0.1, 0.15) is 0 Å². The van der Waals surface area contributed by atoms with E-state index in [1.54, 1.807) is 0 Å². The number of para-hydroxylation sites is 2. The van der Waals surface area contributed by atoms with Crippen LogP contribution < -0.4 is 16.4 Å². The number of anilines is 5. The van der Waals surface area contributed by atoms with Crippen LogP contribution >= 0.6 is 0 Å². The second-order valence-corrected chi connectivity index (χ2v) is 4.78. The summed E-state index contributed by atoms with van der Waals surface area (Å²) in [7, 11) is 0. The van der Waals surface area contributed by atoms with Gasteiger partial charge in [0.1, 0.15) is 0 Å². The maximum Gasteiger partial charge on any atom is 0.0638 e. The lowest BCUT2D eigenvalue weighted by atomic mass is 10.2. The van der Waals surface area contributed by atoms with Crippen molar-refractivity contribution in [2.45, 2.75) is 0 Å². The molecule has 3 nitrogen and oxygen atoms in total. The van der Waals surface area contributed by atoms with Crippen molar-refractivity contribution in [1.82, 2.24) is 0 Å². The molecule has 0 amide bonds. The van der Waals surface area contributed by atoms with Crippen LogP contribution in [0.4, 0.5) is 28.4 Å². The molecule has 0 aliphatic carbocycles. The molecule has 21 heavy (non-hydrogen) atoms. The van der Waals surface area contributed by atoms with E-state index in [-0.39, 0.29) is 0 Å². The normalized spacial score (nSPS) is 10.1. The van der Waals surface area contributed by atoms with E-state index in [0.717, 1.165) is 28.4 Å². The van der Waals surface area contributed by atoms with Crippen LogP contribution in [0.3, 0.4) is 0 Å². The van der Waals surface area contributed by atoms with Gasteiger partial charge in [0, 0.05) is 17.1 Å². The molecule has 4 N–H and O–H groups in total. The molecule has 3 rings (SSSR count). The number of nitrogens with two attached hydrogens (primary N) is 1. The minimum Gasteiger partial charge on any atom is -0.397 e. The number of hydrogen-bond acceptors (Lipinski definition) is 3. The molecule has 0 aliphatic rings. The van der Waals surface area contributed by atoms with Crippen LogP contribution in [0.5, 0.6) is 0 Å². The number of rotatable bonds is 4. The minimum absolute atomic E-state index is 0.720. The standard InChI is InChI=1S/C18H17N3/c19-17-12-11-16(20-14-7-3-1-4-8-14)13-18(17)21-15-9-5-2-6-10-15/h1-13,20-21H,19H2. The van der Waals surface area contributed by atoms with E-state index in [1.807, 2.05) is 78.9 Å². The molecule has 3 aromatic rings. The lowest BCUT2D eigenvalue weighted by molar-refractivity contribution is 1.51. The van der Waals surface area contributed by atoms with Gasteiger partial charge in [-0.25, -0.2) is 0 Å². The molecular weight excluding hydrogens is 258 g/mol. The summed E-state index contributed by atoms with van der Waals surface area (Å²) in [5.41, 5.74) is 10.7. The average Bonchev–Trinajstić information content (AvgIpc) is 2.53. The zero-order valence-electron chi connectivity index (χ0n) is 11.6. The van der Waals surface area contributed by atoms with Crippen molar-refractivity contribution < 1.29 is 0 Å². The highest BCUT2D eigenvalue weighted by Gasteiger charge is 2.02. The molecule has 0 bridgehead atoms. The molecule has 3 heteroatoms. The van der Waals surface area contributed by atoms with E-state index in [9.17, 15) is 0 Å². The van der Waals surface area contributed by atoms with E-state index in [1.165, 1.54) is 0 Å². The Morgan fingerprint density at radius 3 is 1.76 bits per heavy atom. The highest BCUT2D eigenvalue weighted by Crippen LogP contribution is 2.28. The fourth-order valence-corrected chi connectivity index (χ4v) is 2.11. The first-order valence-corrected chi connectivity index (χ1v) is 6.85. The van der Waals surface area contributed by atoms with Crippen LogP contribution in [-0.4, -0.2) is 0 Å². The summed E-state index contributed by atoms with van der Waals surface area (Å²) < 4.78 is 0. The quantitative estimate of drug-likeness (QED) is 0.602. The summed E-state index contributed by atoms with van der Waals surface area (Å²) in [6.45, 7) is 0. The van der Waals surface area contributed by atoms with Gasteiger partial charge in [-0.2, -0.15) is 0 Å². The Balaban J connectivity index is 1.83. The molecular formula is C18H17N3. The third-order valence-corrected chi connectivity index (χ3v) is 3.17. The molecule has 0 atom stereocenters. The fraction of sp³-hybridized carbons (Fsp3) is 0. The monoisotopic (exact) mass is 275 g/mol. The van der Waals surface area contributed by atoms with Gasteiger partial charge in [-0.05, 0) is 42.5 Å². The van der Waals surface area contributed by atoms with Gasteiger partial charge in [0.2, 0.25) is 0 Å². The second-order valence-electron chi connectivity index (χ2n) is 4.78. The van der Waals surface area contributed by atoms with Gasteiger partial charge in [0.15, 0.2) is 0 Å². The molecule has 0 aliphatic heterocycles. The van der Waals surface area contributed by atoms with Gasteiger partial charge < -0.3 is 16.4 Å². The first-order valence-electron chi connectivity index (χ1n) is 6.85. The van der Waals surface area contributed by atoms with Crippen molar-refractivity contribution in [3.63, 3.8) is 0 Å². The van der Waals surface area contributed by atoms with Crippen LogP contribution in [-0.2, 0) is 0 Å². The topological polar surface area (TPSA) is 50.1 Å². The summed E-state index contributed by atoms with van der Waals surface area (Å²) in [6.07, 6.45) is 0. The summed E-state index contributed by atoms with van der Waals surface area (Å²) in [6, 6.07) is 25.9. The Morgan fingerprint density at radius 1 is 0.571 bits per heavy atom. The van der Waals surface area contributed by atoms with Crippen molar-refractivity contribution in [1.29, 1.82) is 0 Å². The maximum atomic E-state index is 6.04. The lowest BCUT2D eigenvalue weighted by Gasteiger charge is -2.12. The summed E-state index contributed by atoms with van der Waals surface area (Å²) in [5.74, 6) is 0. The zero-order valence-corrected chi connectivity index (χ0v) is 11.6. The van der Waals surface area contributed by atoms with Crippen molar-refractivity contribution in [2.24, 2.45) is 0 Å². The van der Waals surface area contributed by atoms with Crippen LogP contribution in [0.15, 0.2) is 78.9 Å². The van der Waals surface area contributed by atoms with Crippen LogP contribution in [0.2, 0.25) is 0 Å². The van der Waals surface area contributed by atoms with E-state index in [4.69, 9.17) is 5.73 Å². The number of nitrogen functional groups attached to an aromatic ring is 1. The highest BCUT2D eigenvalue weighted by molar-refractivity contribution is 5.78. The summed E-state index contributed by atoms with van der Waals surface area (Å²) >= 11 is 0. The Bertz CT molecular complexity index is 709. The maximum absolute atomic E-state index is 6.04. The van der Waals surface area contributed by atoms with Crippen molar-refractivity contribution in [3.05, 3.63) is 78.9 Å². The molecule has 0 fully saturated rings. The average molecular weight is 275 g/mol. The third-order valence-electron chi connectivity index (χ3n) is 3.17. The molecule has 0 heterocycles. The van der Waals surface area contributed by atoms with Gasteiger partial charge in [0.25, 0.3) is 0 Å². The van der Waals surface area contributed by atoms with Crippen molar-refractivity contribution in [2.75, 3.05) is 16.4 Å². The Labute approximate surface area is 124 Å². The largest absolute Gasteiger partial charge is 0.397 e. The molecule has 0 saturated heterocycles. The van der Waals surface area contributed by atoms with Crippen LogP contribution in [0, 0.1) is 0 Å². The predicted octanol–water partition coefficient (Wildman–Crippen LogP) is 4.76. The zero-order chi connectivity index (χ0) is 14.5. The van der Waals surface area contributed by atoms with Gasteiger partial charge in [0.05, 0.1) is 11.4 Å². The molecule has 0 spiro atoms. The number of nitrogens with one attached hydrogen (secondary N) is 2. The van der Waals surface area contributed by atoms with Gasteiger partial charge >= 0.3 is 0 Å². The van der Waals surface area contributed by atoms with E-state index < -0.39 is 0 Å². The molecule has 0 aromatic heterocycles. The lowest BCUT2D eigenvalue weighted by Crippen LogP contribution is -1.98. The molecule has 0 radical (unpaired) electrons. The van der Waals surface area contributed by atoms with E-state index >= 15 is 0 Å². The number of benzene rings is 3. The molecule has 3 aromatic carbocycles. The molecule has 0 saturated carbocycles. The van der Waals surface area contributed by atoms with Gasteiger partial charge in [-0.1, -0.05) is 36.4 Å². The summed E-state index contributed by atoms with van der Waals surface area (Å²) in [4.78, 5) is 0. The smallest absolute Gasteiger partial charge is 0.0638 e. The number of hydrogen-bond donors (Lipinski definition) is 3. The Hall–Kier alpha value is -2.94. The molecule has 104 valence electrons. The fourth-order valence-electron chi connectivity index (χ4n) is 2.11.